The lowest BCUT2D eigenvalue weighted by Crippen LogP contribution is -2.30. The predicted molar refractivity (Wildman–Crippen MR) is 103 cm³/mol. The lowest BCUT2D eigenvalue weighted by molar-refractivity contribution is 0.0738. The number of fused-ring (bicyclic) bond motifs is 2. The van der Waals surface area contributed by atoms with Gasteiger partial charge in [-0.3, -0.25) is 9.59 Å². The van der Waals surface area contributed by atoms with Crippen molar-refractivity contribution in [1.82, 2.24) is 14.9 Å². The van der Waals surface area contributed by atoms with Crippen molar-refractivity contribution in [3.63, 3.8) is 0 Å². The predicted octanol–water partition coefficient (Wildman–Crippen LogP) is 3.98. The van der Waals surface area contributed by atoms with Crippen molar-refractivity contribution in [1.29, 1.82) is 0 Å². The molecule has 2 heterocycles. The van der Waals surface area contributed by atoms with Crippen LogP contribution in [0, 0.1) is 5.82 Å². The average Bonchev–Trinajstić information content (AvgIpc) is 3.10. The number of amides is 1. The topological polar surface area (TPSA) is 69.0 Å². The largest absolute Gasteiger partial charge is 0.351 e. The third-order valence-corrected chi connectivity index (χ3v) is 5.01. The van der Waals surface area contributed by atoms with E-state index >= 15 is 0 Å². The first-order valence-corrected chi connectivity index (χ1v) is 8.61. The third kappa shape index (κ3) is 2.89. The molecule has 0 spiro atoms. The first-order valence-electron chi connectivity index (χ1n) is 8.61. The summed E-state index contributed by atoms with van der Waals surface area (Å²) in [7, 11) is 1.71. The number of hydrogen-bond acceptors (Lipinski definition) is 2. The fourth-order valence-electron chi connectivity index (χ4n) is 3.37. The highest BCUT2D eigenvalue weighted by Crippen LogP contribution is 2.27. The summed E-state index contributed by atoms with van der Waals surface area (Å²) in [5, 5.41) is 2.05. The van der Waals surface area contributed by atoms with E-state index < -0.39 is 0 Å². The summed E-state index contributed by atoms with van der Waals surface area (Å²) in [5.41, 5.74) is 1.78. The second-order valence-corrected chi connectivity index (χ2v) is 6.63. The van der Waals surface area contributed by atoms with Gasteiger partial charge in [-0.25, -0.2) is 4.39 Å². The molecule has 2 aromatic carbocycles. The Morgan fingerprint density at radius 2 is 1.85 bits per heavy atom. The van der Waals surface area contributed by atoms with Gasteiger partial charge in [-0.1, -0.05) is 18.2 Å². The molecule has 0 saturated carbocycles. The Kier molecular flexibility index (Phi) is 4.03. The van der Waals surface area contributed by atoms with E-state index in [-0.39, 0.29) is 23.3 Å². The van der Waals surface area contributed by atoms with Crippen molar-refractivity contribution in [2.45, 2.75) is 13.0 Å². The Hall–Kier alpha value is -3.41. The number of rotatable bonds is 3. The molecule has 2 N–H and O–H groups in total. The second-order valence-electron chi connectivity index (χ2n) is 6.63. The van der Waals surface area contributed by atoms with Crippen LogP contribution in [0.2, 0.25) is 0 Å². The first-order chi connectivity index (χ1) is 13.0. The quantitative estimate of drug-likeness (QED) is 0.578. The number of aromatic amines is 2. The summed E-state index contributed by atoms with van der Waals surface area (Å²) < 4.78 is 13.4. The highest BCUT2D eigenvalue weighted by Gasteiger charge is 2.22. The molecular weight excluding hydrogens is 345 g/mol. The van der Waals surface area contributed by atoms with Crippen molar-refractivity contribution in [2.75, 3.05) is 7.05 Å². The van der Waals surface area contributed by atoms with Crippen LogP contribution in [0.5, 0.6) is 0 Å². The number of aromatic nitrogens is 2. The Bertz CT molecular complexity index is 1230. The maximum atomic E-state index is 13.4. The van der Waals surface area contributed by atoms with Crippen LogP contribution in [0.1, 0.15) is 29.0 Å². The van der Waals surface area contributed by atoms with Gasteiger partial charge in [0.1, 0.15) is 11.5 Å². The monoisotopic (exact) mass is 363 g/mol. The molecule has 27 heavy (non-hydrogen) atoms. The molecule has 5 nitrogen and oxygen atoms in total. The van der Waals surface area contributed by atoms with Gasteiger partial charge in [0.05, 0.1) is 6.04 Å². The summed E-state index contributed by atoms with van der Waals surface area (Å²) in [6.07, 6.45) is 1.65. The minimum absolute atomic E-state index is 0.159. The lowest BCUT2D eigenvalue weighted by atomic mass is 10.0. The Morgan fingerprint density at radius 1 is 1.11 bits per heavy atom. The zero-order valence-corrected chi connectivity index (χ0v) is 14.9. The van der Waals surface area contributed by atoms with Crippen LogP contribution < -0.4 is 5.56 Å². The standard InChI is InChI=1S/C21H18FN3O2/c1-12(17-11-23-20(26)16-6-4-3-5-15(16)17)25(2)21(27)19-10-13-9-14(22)7-8-18(13)24-19/h3-12,24H,1-2H3,(H,23,26)/t12-/m1/s1. The molecule has 0 aliphatic heterocycles. The molecule has 6 heteroatoms. The van der Waals surface area contributed by atoms with Crippen molar-refractivity contribution >= 4 is 27.6 Å². The van der Waals surface area contributed by atoms with E-state index in [0.29, 0.717) is 22.0 Å². The van der Waals surface area contributed by atoms with E-state index in [1.807, 2.05) is 25.1 Å². The summed E-state index contributed by atoms with van der Waals surface area (Å²) in [6, 6.07) is 13.0. The molecule has 136 valence electrons. The smallest absolute Gasteiger partial charge is 0.270 e. The van der Waals surface area contributed by atoms with Crippen LogP contribution in [-0.4, -0.2) is 27.8 Å². The average molecular weight is 363 g/mol. The Labute approximate surface area is 154 Å². The second kappa shape index (κ2) is 6.39. The number of pyridine rings is 1. The summed E-state index contributed by atoms with van der Waals surface area (Å²) in [5.74, 6) is -0.559. The summed E-state index contributed by atoms with van der Waals surface area (Å²) in [6.45, 7) is 1.90. The fraction of sp³-hybridized carbons (Fsp3) is 0.143. The van der Waals surface area contributed by atoms with Gasteiger partial charge in [0.25, 0.3) is 11.5 Å². The van der Waals surface area contributed by atoms with E-state index in [2.05, 4.69) is 9.97 Å². The summed E-state index contributed by atoms with van der Waals surface area (Å²) in [4.78, 5) is 32.4. The minimum Gasteiger partial charge on any atom is -0.351 e. The molecule has 0 aliphatic carbocycles. The minimum atomic E-state index is -0.345. The maximum Gasteiger partial charge on any atom is 0.270 e. The van der Waals surface area contributed by atoms with Gasteiger partial charge >= 0.3 is 0 Å². The number of H-pyrrole nitrogens is 2. The number of carbonyl (C=O) groups excluding carboxylic acids is 1. The van der Waals surface area contributed by atoms with Gasteiger partial charge in [0.2, 0.25) is 0 Å². The zero-order valence-electron chi connectivity index (χ0n) is 14.9. The number of halogens is 1. The number of nitrogens with zero attached hydrogens (tertiary/aromatic N) is 1. The highest BCUT2D eigenvalue weighted by molar-refractivity contribution is 5.98. The Morgan fingerprint density at radius 3 is 2.63 bits per heavy atom. The van der Waals surface area contributed by atoms with Crippen LogP contribution in [0.3, 0.4) is 0 Å². The molecule has 0 fully saturated rings. The number of nitrogens with one attached hydrogen (secondary N) is 2. The van der Waals surface area contributed by atoms with Crippen molar-refractivity contribution in [2.24, 2.45) is 0 Å². The van der Waals surface area contributed by atoms with Crippen LogP contribution in [-0.2, 0) is 0 Å². The zero-order chi connectivity index (χ0) is 19.1. The number of benzene rings is 2. The number of hydrogen-bond donors (Lipinski definition) is 2. The van der Waals surface area contributed by atoms with Crippen LogP contribution in [0.4, 0.5) is 4.39 Å². The van der Waals surface area contributed by atoms with Gasteiger partial charge < -0.3 is 14.9 Å². The molecule has 0 bridgehead atoms. The van der Waals surface area contributed by atoms with Crippen molar-refractivity contribution < 1.29 is 9.18 Å². The van der Waals surface area contributed by atoms with Gasteiger partial charge in [-0.2, -0.15) is 0 Å². The molecule has 2 aromatic heterocycles. The summed E-state index contributed by atoms with van der Waals surface area (Å²) >= 11 is 0. The van der Waals surface area contributed by atoms with Gasteiger partial charge in [-0.05, 0) is 48.2 Å². The normalized spacial score (nSPS) is 12.4. The molecule has 0 unspecified atom stereocenters. The molecular formula is C21H18FN3O2. The van der Waals surface area contributed by atoms with Crippen molar-refractivity contribution in [3.8, 4) is 0 Å². The lowest BCUT2D eigenvalue weighted by Gasteiger charge is -2.25. The molecule has 0 radical (unpaired) electrons. The van der Waals surface area contributed by atoms with E-state index in [0.717, 1.165) is 10.9 Å². The Balaban J connectivity index is 1.71. The van der Waals surface area contributed by atoms with Crippen molar-refractivity contribution in [3.05, 3.63) is 82.2 Å². The molecule has 1 amide bonds. The van der Waals surface area contributed by atoms with E-state index in [4.69, 9.17) is 0 Å². The van der Waals surface area contributed by atoms with Gasteiger partial charge in [-0.15, -0.1) is 0 Å². The third-order valence-electron chi connectivity index (χ3n) is 5.01. The van der Waals surface area contributed by atoms with Gasteiger partial charge in [0, 0.05) is 29.5 Å². The van der Waals surface area contributed by atoms with E-state index in [9.17, 15) is 14.0 Å². The maximum absolute atomic E-state index is 13.4. The van der Waals surface area contributed by atoms with Gasteiger partial charge in [0.15, 0.2) is 0 Å². The highest BCUT2D eigenvalue weighted by atomic mass is 19.1. The first kappa shape index (κ1) is 17.0. The molecule has 4 aromatic rings. The van der Waals surface area contributed by atoms with E-state index in [1.165, 1.54) is 12.1 Å². The van der Waals surface area contributed by atoms with Crippen LogP contribution in [0.25, 0.3) is 21.7 Å². The molecule has 0 aliphatic rings. The number of carbonyl (C=O) groups is 1. The molecule has 4 rings (SSSR count). The molecule has 0 saturated heterocycles. The fourth-order valence-corrected chi connectivity index (χ4v) is 3.37. The SMILES string of the molecule is C[C@H](c1c[nH]c(=O)c2ccccc12)N(C)C(=O)c1cc2cc(F)ccc2[nH]1. The van der Waals surface area contributed by atoms with Crippen LogP contribution >= 0.6 is 0 Å². The van der Waals surface area contributed by atoms with E-state index in [1.54, 1.807) is 36.3 Å². The van der Waals surface area contributed by atoms with Crippen LogP contribution in [0.15, 0.2) is 59.5 Å². The molecule has 1 atom stereocenters.